The van der Waals surface area contributed by atoms with E-state index in [9.17, 15) is 9.90 Å². The Balaban J connectivity index is 2.18. The number of nitrogens with one attached hydrogen (secondary N) is 1. The van der Waals surface area contributed by atoms with Gasteiger partial charge < -0.3 is 10.4 Å². The smallest absolute Gasteiger partial charge is 0.242 e. The number of benzene rings is 1. The number of hydrogen-bond acceptors (Lipinski definition) is 3. The first kappa shape index (κ1) is 16.0. The maximum Gasteiger partial charge on any atom is 0.242 e. The number of rotatable bonds is 5. The molecule has 1 aromatic rings. The number of carbonyl (C=O) groups is 1. The van der Waals surface area contributed by atoms with Gasteiger partial charge in [0.05, 0.1) is 12.1 Å². The van der Waals surface area contributed by atoms with Crippen molar-refractivity contribution in [3.63, 3.8) is 0 Å². The summed E-state index contributed by atoms with van der Waals surface area (Å²) in [5.41, 5.74) is 1.74. The van der Waals surface area contributed by atoms with Crippen LogP contribution >= 0.6 is 0 Å². The second kappa shape index (κ2) is 6.58. The first-order chi connectivity index (χ1) is 9.97. The standard InChI is InChI=1S/C17H26N2O2/c1-13-6-8-14(9-7-13)15(19(2)3)16(21)18-17(12-20)10-4-5-11-17/h6-9,15,20H,4-5,10-12H2,1-3H3,(H,18,21)/t15-/m0/s1. The fourth-order valence-corrected chi connectivity index (χ4v) is 3.14. The van der Waals surface area contributed by atoms with Gasteiger partial charge in [-0.2, -0.15) is 0 Å². The number of hydrogen-bond donors (Lipinski definition) is 2. The van der Waals surface area contributed by atoms with E-state index in [2.05, 4.69) is 5.32 Å². The van der Waals surface area contributed by atoms with E-state index < -0.39 is 5.54 Å². The number of amides is 1. The zero-order chi connectivity index (χ0) is 15.5. The summed E-state index contributed by atoms with van der Waals surface area (Å²) < 4.78 is 0. The summed E-state index contributed by atoms with van der Waals surface area (Å²) in [7, 11) is 3.81. The zero-order valence-corrected chi connectivity index (χ0v) is 13.2. The highest BCUT2D eigenvalue weighted by Crippen LogP contribution is 2.30. The molecule has 4 nitrogen and oxygen atoms in total. The monoisotopic (exact) mass is 290 g/mol. The van der Waals surface area contributed by atoms with Gasteiger partial charge >= 0.3 is 0 Å². The average molecular weight is 290 g/mol. The predicted octanol–water partition coefficient (Wildman–Crippen LogP) is 2.02. The molecule has 0 radical (unpaired) electrons. The lowest BCUT2D eigenvalue weighted by Gasteiger charge is -2.32. The van der Waals surface area contributed by atoms with Crippen molar-refractivity contribution < 1.29 is 9.90 Å². The quantitative estimate of drug-likeness (QED) is 0.872. The van der Waals surface area contributed by atoms with Gasteiger partial charge in [-0.3, -0.25) is 9.69 Å². The van der Waals surface area contributed by atoms with Crippen LogP contribution in [0.1, 0.15) is 42.9 Å². The Kier molecular flexibility index (Phi) is 5.01. The number of carbonyl (C=O) groups excluding carboxylic acids is 1. The Morgan fingerprint density at radius 1 is 1.29 bits per heavy atom. The van der Waals surface area contributed by atoms with E-state index in [1.165, 1.54) is 5.56 Å². The number of aliphatic hydroxyl groups is 1. The molecule has 1 saturated carbocycles. The van der Waals surface area contributed by atoms with Crippen LogP contribution in [-0.2, 0) is 4.79 Å². The SMILES string of the molecule is Cc1ccc([C@@H](C(=O)NC2(CO)CCCC2)N(C)C)cc1. The van der Waals surface area contributed by atoms with Gasteiger partial charge in [0.1, 0.15) is 6.04 Å². The van der Waals surface area contributed by atoms with Gasteiger partial charge in [0.15, 0.2) is 0 Å². The molecule has 1 amide bonds. The minimum absolute atomic E-state index is 0.0206. The highest BCUT2D eigenvalue weighted by Gasteiger charge is 2.37. The molecule has 0 aromatic heterocycles. The second-order valence-electron chi connectivity index (χ2n) is 6.41. The number of aryl methyl sites for hydroxylation is 1. The van der Waals surface area contributed by atoms with Gasteiger partial charge in [0, 0.05) is 0 Å². The highest BCUT2D eigenvalue weighted by atomic mass is 16.3. The Labute approximate surface area is 127 Å². The topological polar surface area (TPSA) is 52.6 Å². The van der Waals surface area contributed by atoms with E-state index in [4.69, 9.17) is 0 Å². The van der Waals surface area contributed by atoms with Crippen molar-refractivity contribution in [3.05, 3.63) is 35.4 Å². The van der Waals surface area contributed by atoms with Crippen molar-refractivity contribution in [2.45, 2.75) is 44.2 Å². The lowest BCUT2D eigenvalue weighted by molar-refractivity contribution is -0.128. The van der Waals surface area contributed by atoms with Crippen molar-refractivity contribution in [3.8, 4) is 0 Å². The van der Waals surface area contributed by atoms with Gasteiger partial charge in [0.25, 0.3) is 0 Å². The molecule has 1 aliphatic rings. The van der Waals surface area contributed by atoms with Gasteiger partial charge in [-0.1, -0.05) is 42.7 Å². The van der Waals surface area contributed by atoms with E-state index in [1.807, 2.05) is 50.2 Å². The van der Waals surface area contributed by atoms with Crippen molar-refractivity contribution in [1.29, 1.82) is 0 Å². The third-order valence-corrected chi connectivity index (χ3v) is 4.41. The molecule has 0 unspecified atom stereocenters. The summed E-state index contributed by atoms with van der Waals surface area (Å²) in [6.07, 6.45) is 3.86. The van der Waals surface area contributed by atoms with Gasteiger partial charge in [-0.25, -0.2) is 0 Å². The van der Waals surface area contributed by atoms with Crippen molar-refractivity contribution >= 4 is 5.91 Å². The Morgan fingerprint density at radius 2 is 1.86 bits per heavy atom. The van der Waals surface area contributed by atoms with E-state index in [0.717, 1.165) is 31.2 Å². The molecular weight excluding hydrogens is 264 g/mol. The number of aliphatic hydroxyl groups excluding tert-OH is 1. The third-order valence-electron chi connectivity index (χ3n) is 4.41. The average Bonchev–Trinajstić information content (AvgIpc) is 2.90. The first-order valence-corrected chi connectivity index (χ1v) is 7.63. The number of nitrogens with zero attached hydrogens (tertiary/aromatic N) is 1. The minimum atomic E-state index is -0.421. The van der Waals surface area contributed by atoms with Crippen LogP contribution in [0.5, 0.6) is 0 Å². The Bertz CT molecular complexity index is 476. The molecular formula is C17H26N2O2. The van der Waals surface area contributed by atoms with Crippen LogP contribution in [0.25, 0.3) is 0 Å². The summed E-state index contributed by atoms with van der Waals surface area (Å²) in [5.74, 6) is -0.0280. The maximum absolute atomic E-state index is 12.7. The molecule has 116 valence electrons. The van der Waals surface area contributed by atoms with Gasteiger partial charge in [-0.05, 0) is 39.4 Å². The highest BCUT2D eigenvalue weighted by molar-refractivity contribution is 5.84. The van der Waals surface area contributed by atoms with Crippen LogP contribution in [0.3, 0.4) is 0 Å². The fourth-order valence-electron chi connectivity index (χ4n) is 3.14. The summed E-state index contributed by atoms with van der Waals surface area (Å²) in [5, 5.41) is 12.8. The van der Waals surface area contributed by atoms with Gasteiger partial charge in [-0.15, -0.1) is 0 Å². The first-order valence-electron chi connectivity index (χ1n) is 7.63. The molecule has 1 atom stereocenters. The van der Waals surface area contributed by atoms with E-state index in [-0.39, 0.29) is 18.6 Å². The second-order valence-corrected chi connectivity index (χ2v) is 6.41. The molecule has 2 rings (SSSR count). The van der Waals surface area contributed by atoms with Gasteiger partial charge in [0.2, 0.25) is 5.91 Å². The molecule has 4 heteroatoms. The molecule has 1 fully saturated rings. The molecule has 21 heavy (non-hydrogen) atoms. The van der Waals surface area contributed by atoms with E-state index >= 15 is 0 Å². The summed E-state index contributed by atoms with van der Waals surface area (Å²) in [4.78, 5) is 14.6. The van der Waals surface area contributed by atoms with Crippen LogP contribution in [0.2, 0.25) is 0 Å². The fraction of sp³-hybridized carbons (Fsp3) is 0.588. The van der Waals surface area contributed by atoms with Crippen LogP contribution in [-0.4, -0.2) is 42.2 Å². The lowest BCUT2D eigenvalue weighted by Crippen LogP contribution is -2.52. The molecule has 0 spiro atoms. The zero-order valence-electron chi connectivity index (χ0n) is 13.2. The summed E-state index contributed by atoms with van der Waals surface area (Å²) in [6, 6.07) is 7.72. The molecule has 0 bridgehead atoms. The van der Waals surface area contributed by atoms with Crippen LogP contribution in [0.4, 0.5) is 0 Å². The van der Waals surface area contributed by atoms with Crippen LogP contribution < -0.4 is 5.32 Å². The lowest BCUT2D eigenvalue weighted by atomic mass is 9.96. The molecule has 2 N–H and O–H groups in total. The Hall–Kier alpha value is -1.39. The molecule has 0 heterocycles. The maximum atomic E-state index is 12.7. The van der Waals surface area contributed by atoms with Crippen molar-refractivity contribution in [2.24, 2.45) is 0 Å². The minimum Gasteiger partial charge on any atom is -0.394 e. The normalized spacial score (nSPS) is 18.7. The molecule has 1 aromatic carbocycles. The Morgan fingerprint density at radius 3 is 2.33 bits per heavy atom. The third kappa shape index (κ3) is 3.63. The van der Waals surface area contributed by atoms with E-state index in [0.29, 0.717) is 0 Å². The van der Waals surface area contributed by atoms with E-state index in [1.54, 1.807) is 0 Å². The largest absolute Gasteiger partial charge is 0.394 e. The predicted molar refractivity (Wildman–Crippen MR) is 84.0 cm³/mol. The molecule has 1 aliphatic carbocycles. The summed E-state index contributed by atoms with van der Waals surface area (Å²) in [6.45, 7) is 2.06. The molecule has 0 saturated heterocycles. The number of likely N-dealkylation sites (N-methyl/N-ethyl adjacent to an activating group) is 1. The van der Waals surface area contributed by atoms with Crippen molar-refractivity contribution in [2.75, 3.05) is 20.7 Å². The molecule has 0 aliphatic heterocycles. The van der Waals surface area contributed by atoms with Crippen LogP contribution in [0, 0.1) is 6.92 Å². The summed E-state index contributed by atoms with van der Waals surface area (Å²) >= 11 is 0. The van der Waals surface area contributed by atoms with Crippen molar-refractivity contribution in [1.82, 2.24) is 10.2 Å². The van der Waals surface area contributed by atoms with Crippen LogP contribution in [0.15, 0.2) is 24.3 Å².